The molecule has 29 heavy (non-hydrogen) atoms. The fourth-order valence-electron chi connectivity index (χ4n) is 3.98. The van der Waals surface area contributed by atoms with E-state index in [1.54, 1.807) is 6.92 Å². The van der Waals surface area contributed by atoms with Crippen LogP contribution < -0.4 is 10.6 Å². The van der Waals surface area contributed by atoms with Crippen molar-refractivity contribution in [1.82, 2.24) is 20.4 Å². The van der Waals surface area contributed by atoms with E-state index in [1.807, 2.05) is 6.92 Å². The predicted octanol–water partition coefficient (Wildman–Crippen LogP) is 2.55. The molecule has 0 aromatic heterocycles. The van der Waals surface area contributed by atoms with Gasteiger partial charge in [0.25, 0.3) is 5.91 Å². The van der Waals surface area contributed by atoms with Crippen molar-refractivity contribution < 1.29 is 9.59 Å². The molecule has 2 saturated heterocycles. The van der Waals surface area contributed by atoms with Crippen LogP contribution in [0.3, 0.4) is 0 Å². The number of guanidine groups is 1. The SMILES string of the molecule is CCNC(=NCCCN1C(=O)NC(C)(CC)C1=O)N1CCC(c2ccccc2)C1. The lowest BCUT2D eigenvalue weighted by molar-refractivity contribution is -0.130. The Hall–Kier alpha value is -2.57. The lowest BCUT2D eigenvalue weighted by atomic mass is 9.99. The number of hydrogen-bond acceptors (Lipinski definition) is 3. The molecule has 0 bridgehead atoms. The average Bonchev–Trinajstić information content (AvgIpc) is 3.30. The number of rotatable bonds is 7. The van der Waals surface area contributed by atoms with Crippen LogP contribution in [0.4, 0.5) is 4.79 Å². The minimum atomic E-state index is -0.767. The van der Waals surface area contributed by atoms with E-state index in [-0.39, 0.29) is 11.9 Å². The van der Waals surface area contributed by atoms with Crippen LogP contribution >= 0.6 is 0 Å². The fraction of sp³-hybridized carbons (Fsp3) is 0.591. The zero-order chi connectivity index (χ0) is 20.9. The van der Waals surface area contributed by atoms with Gasteiger partial charge in [-0.3, -0.25) is 14.7 Å². The molecule has 0 aliphatic carbocycles. The van der Waals surface area contributed by atoms with E-state index in [2.05, 4.69) is 52.8 Å². The summed E-state index contributed by atoms with van der Waals surface area (Å²) < 4.78 is 0. The van der Waals surface area contributed by atoms with Crippen molar-refractivity contribution in [3.8, 4) is 0 Å². The molecular formula is C22H33N5O2. The molecule has 0 saturated carbocycles. The molecule has 7 nitrogen and oxygen atoms in total. The smallest absolute Gasteiger partial charge is 0.325 e. The molecule has 7 heteroatoms. The number of urea groups is 1. The Morgan fingerprint density at radius 3 is 2.69 bits per heavy atom. The Labute approximate surface area is 173 Å². The molecule has 2 unspecified atom stereocenters. The lowest BCUT2D eigenvalue weighted by Gasteiger charge is -2.22. The number of likely N-dealkylation sites (tertiary alicyclic amines) is 1. The molecule has 1 aromatic rings. The highest BCUT2D eigenvalue weighted by Gasteiger charge is 2.45. The van der Waals surface area contributed by atoms with Gasteiger partial charge in [0.1, 0.15) is 5.54 Å². The maximum Gasteiger partial charge on any atom is 0.325 e. The third-order valence-corrected chi connectivity index (χ3v) is 5.95. The van der Waals surface area contributed by atoms with E-state index >= 15 is 0 Å². The molecule has 0 radical (unpaired) electrons. The Balaban J connectivity index is 1.54. The van der Waals surface area contributed by atoms with Crippen molar-refractivity contribution in [3.63, 3.8) is 0 Å². The second-order valence-electron chi connectivity index (χ2n) is 8.00. The number of carbonyl (C=O) groups is 2. The largest absolute Gasteiger partial charge is 0.357 e. The van der Waals surface area contributed by atoms with E-state index in [0.29, 0.717) is 31.8 Å². The molecule has 2 fully saturated rings. The van der Waals surface area contributed by atoms with Crippen molar-refractivity contribution in [3.05, 3.63) is 35.9 Å². The monoisotopic (exact) mass is 399 g/mol. The van der Waals surface area contributed by atoms with Crippen LogP contribution in [0.1, 0.15) is 51.5 Å². The summed E-state index contributed by atoms with van der Waals surface area (Å²) in [5, 5.41) is 6.18. The van der Waals surface area contributed by atoms with Gasteiger partial charge in [-0.15, -0.1) is 0 Å². The molecule has 2 N–H and O–H groups in total. The van der Waals surface area contributed by atoms with Crippen molar-refractivity contribution in [2.45, 2.75) is 51.5 Å². The van der Waals surface area contributed by atoms with Gasteiger partial charge >= 0.3 is 6.03 Å². The zero-order valence-electron chi connectivity index (χ0n) is 17.8. The van der Waals surface area contributed by atoms with Crippen molar-refractivity contribution >= 4 is 17.9 Å². The second kappa shape index (κ2) is 9.29. The minimum absolute atomic E-state index is 0.133. The molecule has 158 valence electrons. The molecule has 3 rings (SSSR count). The maximum atomic E-state index is 12.5. The van der Waals surface area contributed by atoms with E-state index < -0.39 is 5.54 Å². The Morgan fingerprint density at radius 2 is 2.03 bits per heavy atom. The first-order chi connectivity index (χ1) is 14.0. The Morgan fingerprint density at radius 1 is 1.28 bits per heavy atom. The molecular weight excluding hydrogens is 366 g/mol. The number of benzene rings is 1. The topological polar surface area (TPSA) is 77.0 Å². The van der Waals surface area contributed by atoms with Gasteiger partial charge in [0.2, 0.25) is 0 Å². The summed E-state index contributed by atoms with van der Waals surface area (Å²) in [6.07, 6.45) is 2.37. The number of aliphatic imine (C=N–C) groups is 1. The van der Waals surface area contributed by atoms with E-state index in [9.17, 15) is 9.59 Å². The van der Waals surface area contributed by atoms with Crippen LogP contribution in [0.15, 0.2) is 35.3 Å². The minimum Gasteiger partial charge on any atom is -0.357 e. The van der Waals surface area contributed by atoms with Crippen LogP contribution in [0.5, 0.6) is 0 Å². The van der Waals surface area contributed by atoms with Gasteiger partial charge in [-0.2, -0.15) is 0 Å². The predicted molar refractivity (Wildman–Crippen MR) is 115 cm³/mol. The molecule has 3 amide bonds. The highest BCUT2D eigenvalue weighted by atomic mass is 16.2. The van der Waals surface area contributed by atoms with E-state index in [1.165, 1.54) is 10.5 Å². The normalized spacial score (nSPS) is 24.9. The molecule has 1 aromatic carbocycles. The first kappa shape index (κ1) is 21.1. The van der Waals surface area contributed by atoms with Gasteiger partial charge in [-0.25, -0.2) is 4.79 Å². The molecule has 0 spiro atoms. The third kappa shape index (κ3) is 4.71. The number of hydrogen-bond donors (Lipinski definition) is 2. The molecule has 2 aliphatic rings. The number of imide groups is 1. The highest BCUT2D eigenvalue weighted by molar-refractivity contribution is 6.06. The Bertz CT molecular complexity index is 751. The first-order valence-electron chi connectivity index (χ1n) is 10.7. The van der Waals surface area contributed by atoms with Crippen LogP contribution in [-0.4, -0.2) is 66.0 Å². The maximum absolute atomic E-state index is 12.5. The van der Waals surface area contributed by atoms with Gasteiger partial charge in [-0.1, -0.05) is 37.3 Å². The van der Waals surface area contributed by atoms with Gasteiger partial charge in [-0.05, 0) is 38.7 Å². The van der Waals surface area contributed by atoms with Crippen molar-refractivity contribution in [2.24, 2.45) is 4.99 Å². The fourth-order valence-corrected chi connectivity index (χ4v) is 3.98. The van der Waals surface area contributed by atoms with Crippen molar-refractivity contribution in [2.75, 3.05) is 32.7 Å². The molecule has 2 atom stereocenters. The summed E-state index contributed by atoms with van der Waals surface area (Å²) in [5.41, 5.74) is 0.612. The van der Waals surface area contributed by atoms with Gasteiger partial charge in [0, 0.05) is 38.6 Å². The second-order valence-corrected chi connectivity index (χ2v) is 8.00. The van der Waals surface area contributed by atoms with Crippen LogP contribution in [0, 0.1) is 0 Å². The average molecular weight is 400 g/mol. The molecule has 2 heterocycles. The highest BCUT2D eigenvalue weighted by Crippen LogP contribution is 2.27. The standard InChI is InChI=1S/C22H33N5O2/c1-4-22(3)19(28)27(21(29)25-22)14-9-13-24-20(23-5-2)26-15-12-18(16-26)17-10-7-6-8-11-17/h6-8,10-11,18H,4-5,9,12-16H2,1-3H3,(H,23,24)(H,25,29). The van der Waals surface area contributed by atoms with E-state index in [0.717, 1.165) is 32.0 Å². The number of amides is 3. The number of nitrogens with zero attached hydrogens (tertiary/aromatic N) is 3. The quantitative estimate of drug-likeness (QED) is 0.320. The number of carbonyl (C=O) groups excluding carboxylic acids is 2. The Kier molecular flexibility index (Phi) is 6.77. The zero-order valence-corrected chi connectivity index (χ0v) is 17.8. The molecule has 2 aliphatic heterocycles. The van der Waals surface area contributed by atoms with Crippen LogP contribution in [-0.2, 0) is 4.79 Å². The number of nitrogens with one attached hydrogen (secondary N) is 2. The summed E-state index contributed by atoms with van der Waals surface area (Å²) in [5.74, 6) is 1.31. The van der Waals surface area contributed by atoms with Crippen molar-refractivity contribution in [1.29, 1.82) is 0 Å². The van der Waals surface area contributed by atoms with Gasteiger partial charge < -0.3 is 15.5 Å². The summed E-state index contributed by atoms with van der Waals surface area (Å²) in [6, 6.07) is 10.3. The van der Waals surface area contributed by atoms with E-state index in [4.69, 9.17) is 4.99 Å². The van der Waals surface area contributed by atoms with Crippen LogP contribution in [0.2, 0.25) is 0 Å². The van der Waals surface area contributed by atoms with Crippen LogP contribution in [0.25, 0.3) is 0 Å². The first-order valence-corrected chi connectivity index (χ1v) is 10.7. The summed E-state index contributed by atoms with van der Waals surface area (Å²) in [4.78, 5) is 33.0. The lowest BCUT2D eigenvalue weighted by Crippen LogP contribution is -2.43. The summed E-state index contributed by atoms with van der Waals surface area (Å²) in [7, 11) is 0. The van der Waals surface area contributed by atoms with Gasteiger partial charge in [0.15, 0.2) is 5.96 Å². The third-order valence-electron chi connectivity index (χ3n) is 5.95. The van der Waals surface area contributed by atoms with Gasteiger partial charge in [0.05, 0.1) is 0 Å². The summed E-state index contributed by atoms with van der Waals surface area (Å²) in [6.45, 7) is 9.49. The summed E-state index contributed by atoms with van der Waals surface area (Å²) >= 11 is 0.